The van der Waals surface area contributed by atoms with Crippen molar-refractivity contribution < 1.29 is 37.3 Å². The number of nitrogens with zero attached hydrogens (tertiary/aromatic N) is 2. The van der Waals surface area contributed by atoms with E-state index in [9.17, 15) is 23.1 Å². The van der Waals surface area contributed by atoms with Crippen molar-refractivity contribution in [3.05, 3.63) is 58.3 Å². The minimum atomic E-state index is -4.64. The van der Waals surface area contributed by atoms with Crippen LogP contribution in [0.3, 0.4) is 0 Å². The van der Waals surface area contributed by atoms with Crippen molar-refractivity contribution in [1.29, 1.82) is 0 Å². The van der Waals surface area contributed by atoms with E-state index in [4.69, 9.17) is 25.8 Å². The molecule has 0 fully saturated rings. The second-order valence-electron chi connectivity index (χ2n) is 8.00. The number of carboxylic acids is 1. The average molecular weight is 559 g/mol. The Morgan fingerprint density at radius 2 is 1.73 bits per heavy atom. The van der Waals surface area contributed by atoms with Crippen LogP contribution in [0.25, 0.3) is 0 Å². The molecule has 37 heavy (non-hydrogen) atoms. The number of amidine groups is 1. The third-order valence-electron chi connectivity index (χ3n) is 5.54. The fourth-order valence-electron chi connectivity index (χ4n) is 4.00. The van der Waals surface area contributed by atoms with Gasteiger partial charge in [-0.05, 0) is 36.3 Å². The minimum absolute atomic E-state index is 0.0511. The van der Waals surface area contributed by atoms with Gasteiger partial charge in [-0.1, -0.05) is 23.7 Å². The first-order chi connectivity index (χ1) is 17.5. The number of anilines is 1. The predicted octanol–water partition coefficient (Wildman–Crippen LogP) is 6.20. The summed E-state index contributed by atoms with van der Waals surface area (Å²) in [6, 6.07) is 10.5. The van der Waals surface area contributed by atoms with E-state index in [0.717, 1.165) is 16.4 Å². The Kier molecular flexibility index (Phi) is 9.25. The van der Waals surface area contributed by atoms with Crippen molar-refractivity contribution in [3.63, 3.8) is 0 Å². The molecule has 7 nitrogen and oxygen atoms in total. The fourth-order valence-corrected chi connectivity index (χ4v) is 5.42. The molecule has 200 valence electrons. The van der Waals surface area contributed by atoms with Gasteiger partial charge in [-0.3, -0.25) is 14.7 Å². The maximum Gasteiger partial charge on any atom is 0.431 e. The lowest BCUT2D eigenvalue weighted by Gasteiger charge is -2.36. The maximum absolute atomic E-state index is 13.9. The monoisotopic (exact) mass is 558 g/mol. The molecule has 0 amide bonds. The van der Waals surface area contributed by atoms with Crippen molar-refractivity contribution >= 4 is 40.9 Å². The number of hydrogen-bond acceptors (Lipinski definition) is 7. The summed E-state index contributed by atoms with van der Waals surface area (Å²) in [7, 11) is 4.60. The normalized spacial score (nSPS) is 16.9. The van der Waals surface area contributed by atoms with E-state index in [1.807, 2.05) is 24.3 Å². The number of fused-ring (bicyclic) bond motifs is 3. The Hall–Kier alpha value is -3.05. The second kappa shape index (κ2) is 12.0. The zero-order valence-corrected chi connectivity index (χ0v) is 22.1. The van der Waals surface area contributed by atoms with Crippen LogP contribution in [0.4, 0.5) is 18.9 Å². The van der Waals surface area contributed by atoms with Crippen LogP contribution in [-0.2, 0) is 10.5 Å². The Morgan fingerprint density at radius 3 is 2.24 bits per heavy atom. The summed E-state index contributed by atoms with van der Waals surface area (Å²) >= 11 is 7.32. The van der Waals surface area contributed by atoms with Crippen molar-refractivity contribution in [2.75, 3.05) is 32.8 Å². The molecule has 0 bridgehead atoms. The van der Waals surface area contributed by atoms with Gasteiger partial charge in [0.2, 0.25) is 0 Å². The largest absolute Gasteiger partial charge is 0.494 e. The highest BCUT2D eigenvalue weighted by Gasteiger charge is 2.47. The van der Waals surface area contributed by atoms with Crippen LogP contribution in [0.5, 0.6) is 17.2 Å². The summed E-state index contributed by atoms with van der Waals surface area (Å²) in [5.74, 6) is 0.961. The highest BCUT2D eigenvalue weighted by atomic mass is 35.5. The summed E-state index contributed by atoms with van der Waals surface area (Å²) in [4.78, 5) is 16.6. The number of aliphatic imine (C=N–C) groups is 1. The van der Waals surface area contributed by atoms with Crippen molar-refractivity contribution in [2.45, 2.75) is 30.5 Å². The van der Waals surface area contributed by atoms with Crippen LogP contribution in [0.2, 0.25) is 5.02 Å². The predicted molar refractivity (Wildman–Crippen MR) is 138 cm³/mol. The number of alkyl halides is 3. The summed E-state index contributed by atoms with van der Waals surface area (Å²) in [5, 5.41) is 8.81. The second-order valence-corrected chi connectivity index (χ2v) is 9.63. The number of aliphatic carboxylic acids is 1. The number of para-hydroxylation sites is 2. The SMILES string of the molecule is COc1cc(Cl)cc2c1N1C(=NCC(C)=C1C(F)(F)F)[C@H](CC(=O)O)SC2.COc1ccccc1OC. The molecule has 12 heteroatoms. The van der Waals surface area contributed by atoms with Gasteiger partial charge in [-0.15, -0.1) is 11.8 Å². The Balaban J connectivity index is 0.000000319. The summed E-state index contributed by atoms with van der Waals surface area (Å²) < 4.78 is 57.2. The number of thioether (sulfide) groups is 1. The van der Waals surface area contributed by atoms with Crippen LogP contribution in [-0.4, -0.2) is 56.2 Å². The quantitative estimate of drug-likeness (QED) is 0.468. The molecule has 0 aliphatic carbocycles. The number of rotatable bonds is 5. The Labute approximate surface area is 221 Å². The molecule has 0 radical (unpaired) electrons. The number of benzene rings is 2. The number of hydrogen-bond donors (Lipinski definition) is 1. The van der Waals surface area contributed by atoms with Crippen molar-refractivity contribution in [3.8, 4) is 17.2 Å². The van der Waals surface area contributed by atoms with Gasteiger partial charge in [-0.2, -0.15) is 13.2 Å². The number of ether oxygens (including phenoxy) is 3. The molecular weight excluding hydrogens is 533 g/mol. The molecule has 2 aromatic carbocycles. The summed E-state index contributed by atoms with van der Waals surface area (Å²) in [5.41, 5.74) is -0.0729. The first-order valence-corrected chi connectivity index (χ1v) is 12.4. The molecule has 0 unspecified atom stereocenters. The maximum atomic E-state index is 13.9. The standard InChI is InChI=1S/C17H16ClF3N2O3S.C8H10O2/c1-8-6-22-16-12(5-13(24)25)27-7-9-3-10(18)4-11(26-2)14(9)23(16)15(8)17(19,20)21;1-9-7-5-3-4-6-8(7)10-2/h3-4,12H,5-7H2,1-2H3,(H,24,25);3-6H,1-2H3/t12-;/m0./s1. The molecule has 0 saturated heterocycles. The lowest BCUT2D eigenvalue weighted by atomic mass is 10.1. The highest BCUT2D eigenvalue weighted by Crippen LogP contribution is 2.48. The van der Waals surface area contributed by atoms with Gasteiger partial charge >= 0.3 is 12.1 Å². The zero-order chi connectivity index (χ0) is 27.3. The lowest BCUT2D eigenvalue weighted by Crippen LogP contribution is -2.45. The molecule has 2 heterocycles. The zero-order valence-electron chi connectivity index (χ0n) is 20.6. The third-order valence-corrected chi connectivity index (χ3v) is 7.02. The highest BCUT2D eigenvalue weighted by molar-refractivity contribution is 8.00. The number of halogens is 4. The van der Waals surface area contributed by atoms with E-state index in [1.54, 1.807) is 20.3 Å². The van der Waals surface area contributed by atoms with Gasteiger partial charge in [0.05, 0.1) is 45.2 Å². The summed E-state index contributed by atoms with van der Waals surface area (Å²) in [6.07, 6.45) is -4.98. The van der Waals surface area contributed by atoms with E-state index < -0.39 is 23.1 Å². The number of carbonyl (C=O) groups is 1. The topological polar surface area (TPSA) is 80.6 Å². The van der Waals surface area contributed by atoms with Crippen molar-refractivity contribution in [1.82, 2.24) is 0 Å². The number of methoxy groups -OCH3 is 3. The molecule has 1 atom stereocenters. The first-order valence-electron chi connectivity index (χ1n) is 11.0. The van der Waals surface area contributed by atoms with E-state index in [-0.39, 0.29) is 41.6 Å². The van der Waals surface area contributed by atoms with E-state index in [2.05, 4.69) is 4.99 Å². The number of carboxylic acid groups (broad SMARTS) is 1. The van der Waals surface area contributed by atoms with Crippen molar-refractivity contribution in [2.24, 2.45) is 4.99 Å². The molecule has 0 aromatic heterocycles. The van der Waals surface area contributed by atoms with Gasteiger partial charge in [0.1, 0.15) is 17.3 Å². The van der Waals surface area contributed by atoms with E-state index >= 15 is 0 Å². The molecular formula is C25H26ClF3N2O5S. The lowest BCUT2D eigenvalue weighted by molar-refractivity contribution is -0.136. The molecule has 2 aliphatic rings. The Morgan fingerprint density at radius 1 is 1.14 bits per heavy atom. The van der Waals surface area contributed by atoms with E-state index in [1.165, 1.54) is 31.9 Å². The van der Waals surface area contributed by atoms with Gasteiger partial charge < -0.3 is 19.3 Å². The van der Waals surface area contributed by atoms with Gasteiger partial charge in [0.25, 0.3) is 0 Å². The minimum Gasteiger partial charge on any atom is -0.494 e. The first kappa shape index (κ1) is 28.5. The van der Waals surface area contributed by atoms with Gasteiger partial charge in [0, 0.05) is 16.8 Å². The van der Waals surface area contributed by atoms with Crippen LogP contribution >= 0.6 is 23.4 Å². The third kappa shape index (κ3) is 6.45. The van der Waals surface area contributed by atoms with Crippen LogP contribution in [0.1, 0.15) is 18.9 Å². The summed E-state index contributed by atoms with van der Waals surface area (Å²) in [6.45, 7) is 1.23. The van der Waals surface area contributed by atoms with Crippen LogP contribution < -0.4 is 19.1 Å². The van der Waals surface area contributed by atoms with Crippen LogP contribution in [0.15, 0.2) is 52.7 Å². The average Bonchev–Trinajstić information content (AvgIpc) is 2.99. The molecule has 2 aliphatic heterocycles. The van der Waals surface area contributed by atoms with Gasteiger partial charge in [-0.25, -0.2) is 0 Å². The smallest absolute Gasteiger partial charge is 0.431 e. The van der Waals surface area contributed by atoms with E-state index in [0.29, 0.717) is 10.6 Å². The van der Waals surface area contributed by atoms with Gasteiger partial charge in [0.15, 0.2) is 11.5 Å². The van der Waals surface area contributed by atoms with Crippen LogP contribution in [0, 0.1) is 0 Å². The molecule has 1 N–H and O–H groups in total. The molecule has 2 aromatic rings. The number of allylic oxidation sites excluding steroid dienone is 1. The fraction of sp³-hybridized carbons (Fsp3) is 0.360. The molecule has 0 spiro atoms. The Bertz CT molecular complexity index is 1200. The molecule has 4 rings (SSSR count). The molecule has 0 saturated carbocycles.